The number of nitrogens with zero attached hydrogens (tertiary/aromatic N) is 2. The second-order valence-corrected chi connectivity index (χ2v) is 4.43. The maximum Gasteiger partial charge on any atom is 0.147 e. The summed E-state index contributed by atoms with van der Waals surface area (Å²) in [6, 6.07) is 13.2. The van der Waals surface area contributed by atoms with Gasteiger partial charge < -0.3 is 0 Å². The number of pyridine rings is 1. The van der Waals surface area contributed by atoms with E-state index < -0.39 is 0 Å². The molecule has 1 aromatic heterocycles. The van der Waals surface area contributed by atoms with Crippen molar-refractivity contribution in [2.75, 3.05) is 0 Å². The molecule has 0 unspecified atom stereocenters. The Morgan fingerprint density at radius 2 is 2.06 bits per heavy atom. The third-order valence-corrected chi connectivity index (χ3v) is 2.87. The van der Waals surface area contributed by atoms with Gasteiger partial charge in [-0.15, -0.1) is 0 Å². The zero-order chi connectivity index (χ0) is 11.5. The molecule has 0 bridgehead atoms. The molecule has 2 aromatic rings. The van der Waals surface area contributed by atoms with Crippen molar-refractivity contribution >= 4 is 27.5 Å². The Labute approximate surface area is 107 Å². The molecule has 0 N–H and O–H groups in total. The molecule has 2 nitrogen and oxygen atoms in total. The van der Waals surface area contributed by atoms with Crippen LogP contribution in [0.3, 0.4) is 0 Å². The molecule has 78 valence electrons. The molecule has 1 aromatic carbocycles. The molecule has 0 aliphatic carbocycles. The Balaban J connectivity index is 2.50. The van der Waals surface area contributed by atoms with Crippen LogP contribution in [-0.4, -0.2) is 4.98 Å². The van der Waals surface area contributed by atoms with E-state index in [0.717, 1.165) is 15.7 Å². The number of halogens is 2. The van der Waals surface area contributed by atoms with Crippen LogP contribution in [0.1, 0.15) is 5.56 Å². The molecule has 0 radical (unpaired) electrons. The molecule has 4 heteroatoms. The first-order chi connectivity index (χ1) is 7.70. The van der Waals surface area contributed by atoms with Crippen molar-refractivity contribution in [3.8, 4) is 17.3 Å². The first kappa shape index (κ1) is 11.1. The highest BCUT2D eigenvalue weighted by Gasteiger charge is 2.04. The normalized spacial score (nSPS) is 9.81. The predicted molar refractivity (Wildman–Crippen MR) is 67.1 cm³/mol. The van der Waals surface area contributed by atoms with Crippen LogP contribution in [0, 0.1) is 11.3 Å². The molecule has 0 amide bonds. The van der Waals surface area contributed by atoms with Gasteiger partial charge in [-0.3, -0.25) is 0 Å². The Hall–Kier alpha value is -1.37. The molecule has 0 spiro atoms. The van der Waals surface area contributed by atoms with E-state index in [1.54, 1.807) is 12.1 Å². The first-order valence-electron chi connectivity index (χ1n) is 4.53. The molecule has 0 aliphatic rings. The molecular formula is C12H6BrClN2. The Bertz CT molecular complexity index is 575. The number of benzene rings is 1. The molecule has 0 fully saturated rings. The largest absolute Gasteiger partial charge is 0.235 e. The van der Waals surface area contributed by atoms with Crippen LogP contribution < -0.4 is 0 Å². The average molecular weight is 294 g/mol. The molecule has 0 atom stereocenters. The van der Waals surface area contributed by atoms with E-state index in [9.17, 15) is 0 Å². The van der Waals surface area contributed by atoms with Crippen molar-refractivity contribution in [3.05, 3.63) is 51.6 Å². The molecule has 2 rings (SSSR count). The molecule has 0 saturated heterocycles. The first-order valence-corrected chi connectivity index (χ1v) is 5.70. The van der Waals surface area contributed by atoms with Gasteiger partial charge >= 0.3 is 0 Å². The quantitative estimate of drug-likeness (QED) is 0.744. The van der Waals surface area contributed by atoms with E-state index in [4.69, 9.17) is 16.9 Å². The van der Waals surface area contributed by atoms with Crippen LogP contribution in [0.4, 0.5) is 0 Å². The van der Waals surface area contributed by atoms with Crippen molar-refractivity contribution in [2.24, 2.45) is 0 Å². The van der Waals surface area contributed by atoms with Crippen LogP contribution in [0.5, 0.6) is 0 Å². The van der Waals surface area contributed by atoms with Gasteiger partial charge in [-0.1, -0.05) is 39.7 Å². The highest BCUT2D eigenvalue weighted by atomic mass is 79.9. The minimum atomic E-state index is 0.236. The summed E-state index contributed by atoms with van der Waals surface area (Å²) in [6.07, 6.45) is 0. The van der Waals surface area contributed by atoms with Gasteiger partial charge in [-0.05, 0) is 24.3 Å². The minimum absolute atomic E-state index is 0.236. The zero-order valence-corrected chi connectivity index (χ0v) is 10.5. The lowest BCUT2D eigenvalue weighted by atomic mass is 10.1. The van der Waals surface area contributed by atoms with Crippen molar-refractivity contribution in [2.45, 2.75) is 0 Å². The Morgan fingerprint density at radius 1 is 1.25 bits per heavy atom. The molecule has 1 heterocycles. The van der Waals surface area contributed by atoms with Crippen LogP contribution in [0.25, 0.3) is 11.3 Å². The second-order valence-electron chi connectivity index (χ2n) is 3.16. The van der Waals surface area contributed by atoms with Gasteiger partial charge in [-0.2, -0.15) is 5.26 Å². The van der Waals surface area contributed by atoms with Gasteiger partial charge in [0.1, 0.15) is 11.2 Å². The summed E-state index contributed by atoms with van der Waals surface area (Å²) in [5.74, 6) is 0. The predicted octanol–water partition coefficient (Wildman–Crippen LogP) is 4.04. The fraction of sp³-hybridized carbons (Fsp3) is 0. The summed E-state index contributed by atoms with van der Waals surface area (Å²) >= 11 is 9.27. The van der Waals surface area contributed by atoms with E-state index in [0.29, 0.717) is 5.56 Å². The SMILES string of the molecule is N#Cc1ccc(-c2cccc(Br)c2)nc1Cl. The average Bonchev–Trinajstić information content (AvgIpc) is 2.29. The molecular weight excluding hydrogens is 288 g/mol. The van der Waals surface area contributed by atoms with E-state index >= 15 is 0 Å². The van der Waals surface area contributed by atoms with E-state index in [1.807, 2.05) is 30.3 Å². The third kappa shape index (κ3) is 2.24. The van der Waals surface area contributed by atoms with Crippen molar-refractivity contribution in [3.63, 3.8) is 0 Å². The summed E-state index contributed by atoms with van der Waals surface area (Å²) in [5.41, 5.74) is 2.10. The molecule has 0 saturated carbocycles. The van der Waals surface area contributed by atoms with Crippen molar-refractivity contribution < 1.29 is 0 Å². The second kappa shape index (κ2) is 4.65. The van der Waals surface area contributed by atoms with E-state index in [-0.39, 0.29) is 5.15 Å². The minimum Gasteiger partial charge on any atom is -0.235 e. The summed E-state index contributed by atoms with van der Waals surface area (Å²) in [7, 11) is 0. The van der Waals surface area contributed by atoms with Crippen LogP contribution in [0.15, 0.2) is 40.9 Å². The number of rotatable bonds is 1. The smallest absolute Gasteiger partial charge is 0.147 e. The standard InChI is InChI=1S/C12H6BrClN2/c13-10-3-1-2-8(6-10)11-5-4-9(7-15)12(14)16-11/h1-6H. The van der Waals surface area contributed by atoms with E-state index in [1.165, 1.54) is 0 Å². The van der Waals surface area contributed by atoms with Gasteiger partial charge in [0.05, 0.1) is 11.3 Å². The van der Waals surface area contributed by atoms with Gasteiger partial charge in [0.15, 0.2) is 0 Å². The zero-order valence-electron chi connectivity index (χ0n) is 8.11. The monoisotopic (exact) mass is 292 g/mol. The van der Waals surface area contributed by atoms with Gasteiger partial charge in [0.25, 0.3) is 0 Å². The van der Waals surface area contributed by atoms with Gasteiger partial charge in [0.2, 0.25) is 0 Å². The summed E-state index contributed by atoms with van der Waals surface area (Å²) in [4.78, 5) is 4.18. The highest BCUT2D eigenvalue weighted by molar-refractivity contribution is 9.10. The van der Waals surface area contributed by atoms with Crippen molar-refractivity contribution in [1.29, 1.82) is 5.26 Å². The Morgan fingerprint density at radius 3 is 2.69 bits per heavy atom. The Kier molecular flexibility index (Phi) is 3.23. The van der Waals surface area contributed by atoms with Gasteiger partial charge in [0, 0.05) is 10.0 Å². The number of hydrogen-bond acceptors (Lipinski definition) is 2. The number of hydrogen-bond donors (Lipinski definition) is 0. The lowest BCUT2D eigenvalue weighted by molar-refractivity contribution is 1.30. The summed E-state index contributed by atoms with van der Waals surface area (Å²) < 4.78 is 0.979. The van der Waals surface area contributed by atoms with Crippen LogP contribution >= 0.6 is 27.5 Å². The maximum absolute atomic E-state index is 8.74. The summed E-state index contributed by atoms with van der Waals surface area (Å²) in [5, 5.41) is 8.98. The third-order valence-electron chi connectivity index (χ3n) is 2.09. The maximum atomic E-state index is 8.74. The lowest BCUT2D eigenvalue weighted by Crippen LogP contribution is -1.87. The van der Waals surface area contributed by atoms with Gasteiger partial charge in [-0.25, -0.2) is 4.98 Å². The van der Waals surface area contributed by atoms with Crippen LogP contribution in [-0.2, 0) is 0 Å². The fourth-order valence-electron chi connectivity index (χ4n) is 1.33. The topological polar surface area (TPSA) is 36.7 Å². The van der Waals surface area contributed by atoms with Crippen LogP contribution in [0.2, 0.25) is 5.15 Å². The summed E-state index contributed by atoms with van der Waals surface area (Å²) in [6.45, 7) is 0. The fourth-order valence-corrected chi connectivity index (χ4v) is 1.92. The lowest BCUT2D eigenvalue weighted by Gasteiger charge is -2.02. The molecule has 0 aliphatic heterocycles. The van der Waals surface area contributed by atoms with Crippen molar-refractivity contribution in [1.82, 2.24) is 4.98 Å². The number of aromatic nitrogens is 1. The highest BCUT2D eigenvalue weighted by Crippen LogP contribution is 2.23. The van der Waals surface area contributed by atoms with E-state index in [2.05, 4.69) is 20.9 Å². The molecule has 16 heavy (non-hydrogen) atoms. The number of nitriles is 1.